The minimum atomic E-state index is -3.95. The van der Waals surface area contributed by atoms with Crippen LogP contribution in [0.25, 0.3) is 0 Å². The van der Waals surface area contributed by atoms with E-state index in [2.05, 4.69) is 4.74 Å². The SMILES string of the molecule is CCCc1ccc(S(=O)(=O)NC(=O)CN(C)C(=O)OC)cc1. The van der Waals surface area contributed by atoms with Crippen molar-refractivity contribution in [1.82, 2.24) is 9.62 Å². The highest BCUT2D eigenvalue weighted by Crippen LogP contribution is 2.11. The van der Waals surface area contributed by atoms with Gasteiger partial charge in [-0.1, -0.05) is 25.5 Å². The average Bonchev–Trinajstić information content (AvgIpc) is 2.46. The van der Waals surface area contributed by atoms with Crippen LogP contribution in [0, 0.1) is 0 Å². The molecule has 0 aliphatic heterocycles. The Morgan fingerprint density at radius 3 is 2.32 bits per heavy atom. The van der Waals surface area contributed by atoms with Crippen LogP contribution in [0.2, 0.25) is 0 Å². The molecule has 0 saturated carbocycles. The predicted octanol–water partition coefficient (Wildman–Crippen LogP) is 1.14. The number of methoxy groups -OCH3 is 1. The molecule has 0 fully saturated rings. The maximum atomic E-state index is 12.1. The number of aryl methyl sites for hydroxylation is 1. The maximum Gasteiger partial charge on any atom is 0.409 e. The molecule has 1 rings (SSSR count). The summed E-state index contributed by atoms with van der Waals surface area (Å²) in [5.74, 6) is -0.814. The second kappa shape index (κ2) is 7.79. The van der Waals surface area contributed by atoms with Gasteiger partial charge >= 0.3 is 6.09 Å². The van der Waals surface area contributed by atoms with E-state index in [1.807, 2.05) is 11.6 Å². The number of benzene rings is 1. The first-order chi connectivity index (χ1) is 10.3. The first-order valence-electron chi connectivity index (χ1n) is 6.73. The highest BCUT2D eigenvalue weighted by molar-refractivity contribution is 7.90. The van der Waals surface area contributed by atoms with E-state index in [-0.39, 0.29) is 4.90 Å². The lowest BCUT2D eigenvalue weighted by Crippen LogP contribution is -2.40. The Morgan fingerprint density at radius 1 is 1.23 bits per heavy atom. The number of hydrogen-bond donors (Lipinski definition) is 1. The monoisotopic (exact) mass is 328 g/mol. The zero-order valence-electron chi connectivity index (χ0n) is 12.8. The van der Waals surface area contributed by atoms with Crippen molar-refractivity contribution in [2.24, 2.45) is 0 Å². The van der Waals surface area contributed by atoms with Crippen LogP contribution in [0.3, 0.4) is 0 Å². The highest BCUT2D eigenvalue weighted by atomic mass is 32.2. The van der Waals surface area contributed by atoms with E-state index >= 15 is 0 Å². The van der Waals surface area contributed by atoms with E-state index in [9.17, 15) is 18.0 Å². The molecule has 0 heterocycles. The van der Waals surface area contributed by atoms with Gasteiger partial charge in [-0.2, -0.15) is 0 Å². The third kappa shape index (κ3) is 5.03. The number of carbonyl (C=O) groups excluding carboxylic acids is 2. The predicted molar refractivity (Wildman–Crippen MR) is 80.8 cm³/mol. The topological polar surface area (TPSA) is 92.8 Å². The fraction of sp³-hybridized carbons (Fsp3) is 0.429. The van der Waals surface area contributed by atoms with Crippen molar-refractivity contribution >= 4 is 22.0 Å². The lowest BCUT2D eigenvalue weighted by atomic mass is 10.1. The Morgan fingerprint density at radius 2 is 1.82 bits per heavy atom. The second-order valence-electron chi connectivity index (χ2n) is 4.75. The van der Waals surface area contributed by atoms with Gasteiger partial charge in [-0.25, -0.2) is 17.9 Å². The number of nitrogens with zero attached hydrogens (tertiary/aromatic N) is 1. The first-order valence-corrected chi connectivity index (χ1v) is 8.22. The molecule has 0 saturated heterocycles. The summed E-state index contributed by atoms with van der Waals surface area (Å²) in [7, 11) is -1.44. The van der Waals surface area contributed by atoms with Gasteiger partial charge < -0.3 is 9.64 Å². The van der Waals surface area contributed by atoms with Crippen molar-refractivity contribution in [3.8, 4) is 0 Å². The highest BCUT2D eigenvalue weighted by Gasteiger charge is 2.20. The quantitative estimate of drug-likeness (QED) is 0.845. The third-order valence-electron chi connectivity index (χ3n) is 2.89. The molecular formula is C14H20N2O5S. The van der Waals surface area contributed by atoms with Crippen LogP contribution in [0.4, 0.5) is 4.79 Å². The van der Waals surface area contributed by atoms with Gasteiger partial charge in [0.25, 0.3) is 15.9 Å². The van der Waals surface area contributed by atoms with Gasteiger partial charge in [0.2, 0.25) is 0 Å². The molecule has 0 bridgehead atoms. The Labute approximate surface area is 130 Å². The lowest BCUT2D eigenvalue weighted by Gasteiger charge is -2.15. The minimum Gasteiger partial charge on any atom is -0.453 e. The molecule has 0 aliphatic rings. The number of nitrogens with one attached hydrogen (secondary N) is 1. The molecule has 7 nitrogen and oxygen atoms in total. The second-order valence-corrected chi connectivity index (χ2v) is 6.43. The van der Waals surface area contributed by atoms with Gasteiger partial charge in [0, 0.05) is 7.05 Å². The summed E-state index contributed by atoms with van der Waals surface area (Å²) >= 11 is 0. The molecule has 0 spiro atoms. The smallest absolute Gasteiger partial charge is 0.409 e. The summed E-state index contributed by atoms with van der Waals surface area (Å²) in [6.07, 6.45) is 1.09. The van der Waals surface area contributed by atoms with E-state index < -0.39 is 28.6 Å². The molecule has 0 aliphatic carbocycles. The fourth-order valence-corrected chi connectivity index (χ4v) is 2.78. The number of hydrogen-bond acceptors (Lipinski definition) is 5. The molecule has 122 valence electrons. The van der Waals surface area contributed by atoms with Gasteiger partial charge in [0.1, 0.15) is 6.54 Å². The molecule has 0 aromatic heterocycles. The van der Waals surface area contributed by atoms with E-state index in [0.29, 0.717) is 0 Å². The molecule has 0 radical (unpaired) electrons. The Hall–Kier alpha value is -2.09. The lowest BCUT2D eigenvalue weighted by molar-refractivity contribution is -0.119. The standard InChI is InChI=1S/C14H20N2O5S/c1-4-5-11-6-8-12(9-7-11)22(19,20)15-13(17)10-16(2)14(18)21-3/h6-9H,4-5,10H2,1-3H3,(H,15,17). The summed E-state index contributed by atoms with van der Waals surface area (Å²) in [5.41, 5.74) is 1.03. The molecule has 1 aromatic rings. The van der Waals surface area contributed by atoms with Gasteiger partial charge in [-0.3, -0.25) is 4.79 Å². The van der Waals surface area contributed by atoms with Crippen LogP contribution in [-0.4, -0.2) is 46.0 Å². The number of amides is 2. The summed E-state index contributed by atoms with van der Waals surface area (Å²) in [6, 6.07) is 6.32. The van der Waals surface area contributed by atoms with Crippen LogP contribution < -0.4 is 4.72 Å². The number of rotatable bonds is 6. The van der Waals surface area contributed by atoms with Crippen LogP contribution in [0.1, 0.15) is 18.9 Å². The number of ether oxygens (including phenoxy) is 1. The van der Waals surface area contributed by atoms with Gasteiger partial charge in [-0.05, 0) is 24.1 Å². The van der Waals surface area contributed by atoms with E-state index in [1.165, 1.54) is 26.3 Å². The number of sulfonamides is 1. The van der Waals surface area contributed by atoms with Gasteiger partial charge in [0.05, 0.1) is 12.0 Å². The minimum absolute atomic E-state index is 0.00132. The normalized spacial score (nSPS) is 10.9. The summed E-state index contributed by atoms with van der Waals surface area (Å²) in [5, 5.41) is 0. The molecule has 2 amide bonds. The number of carbonyl (C=O) groups is 2. The molecule has 22 heavy (non-hydrogen) atoms. The van der Waals surface area contributed by atoms with Crippen molar-refractivity contribution in [1.29, 1.82) is 0 Å². The molecule has 1 N–H and O–H groups in total. The Bertz CT molecular complexity index is 625. The van der Waals surface area contributed by atoms with Crippen LogP contribution in [0.5, 0.6) is 0 Å². The van der Waals surface area contributed by atoms with E-state index in [0.717, 1.165) is 23.3 Å². The summed E-state index contributed by atoms with van der Waals surface area (Å²) < 4.78 is 30.5. The van der Waals surface area contributed by atoms with Crippen molar-refractivity contribution in [3.63, 3.8) is 0 Å². The van der Waals surface area contributed by atoms with Gasteiger partial charge in [-0.15, -0.1) is 0 Å². The van der Waals surface area contributed by atoms with Crippen LogP contribution in [-0.2, 0) is 26.0 Å². The van der Waals surface area contributed by atoms with E-state index in [4.69, 9.17) is 0 Å². The van der Waals surface area contributed by atoms with Crippen molar-refractivity contribution in [3.05, 3.63) is 29.8 Å². The molecule has 0 unspecified atom stereocenters. The molecule has 0 atom stereocenters. The van der Waals surface area contributed by atoms with Crippen LogP contribution >= 0.6 is 0 Å². The average molecular weight is 328 g/mol. The van der Waals surface area contributed by atoms with Crippen molar-refractivity contribution < 1.29 is 22.7 Å². The third-order valence-corrected chi connectivity index (χ3v) is 4.28. The van der Waals surface area contributed by atoms with E-state index in [1.54, 1.807) is 12.1 Å². The number of likely N-dealkylation sites (N-methyl/N-ethyl adjacent to an activating group) is 1. The summed E-state index contributed by atoms with van der Waals surface area (Å²) in [6.45, 7) is 1.61. The molecule has 1 aromatic carbocycles. The Kier molecular flexibility index (Phi) is 6.36. The fourth-order valence-electron chi connectivity index (χ4n) is 1.80. The largest absolute Gasteiger partial charge is 0.453 e. The molecule has 8 heteroatoms. The maximum absolute atomic E-state index is 12.1. The first kappa shape index (κ1) is 18.0. The van der Waals surface area contributed by atoms with Crippen molar-refractivity contribution in [2.45, 2.75) is 24.7 Å². The zero-order valence-corrected chi connectivity index (χ0v) is 13.6. The van der Waals surface area contributed by atoms with Gasteiger partial charge in [0.15, 0.2) is 0 Å². The van der Waals surface area contributed by atoms with Crippen LogP contribution in [0.15, 0.2) is 29.2 Å². The summed E-state index contributed by atoms with van der Waals surface area (Å²) in [4.78, 5) is 23.8. The Balaban J connectivity index is 2.74. The molecular weight excluding hydrogens is 308 g/mol. The van der Waals surface area contributed by atoms with Crippen molar-refractivity contribution in [2.75, 3.05) is 20.7 Å². The zero-order chi connectivity index (χ0) is 16.8.